The summed E-state index contributed by atoms with van der Waals surface area (Å²) in [6.45, 7) is 2.36. The van der Waals surface area contributed by atoms with E-state index in [1.165, 1.54) is 0 Å². The predicted molar refractivity (Wildman–Crippen MR) is 88.7 cm³/mol. The summed E-state index contributed by atoms with van der Waals surface area (Å²) in [6, 6.07) is 1.74. The molecule has 1 fully saturated rings. The van der Waals surface area contributed by atoms with E-state index in [9.17, 15) is 4.79 Å². The summed E-state index contributed by atoms with van der Waals surface area (Å²) in [6.07, 6.45) is 5.98. The fourth-order valence-corrected chi connectivity index (χ4v) is 2.76. The minimum absolute atomic E-state index is 0.0530. The molecule has 8 nitrogen and oxygen atoms in total. The van der Waals surface area contributed by atoms with Crippen LogP contribution in [0.25, 0.3) is 0 Å². The van der Waals surface area contributed by atoms with E-state index >= 15 is 0 Å². The van der Waals surface area contributed by atoms with Crippen LogP contribution in [0.4, 0.5) is 5.82 Å². The zero-order valence-electron chi connectivity index (χ0n) is 14.0. The van der Waals surface area contributed by atoms with Crippen molar-refractivity contribution in [1.29, 1.82) is 0 Å². The van der Waals surface area contributed by atoms with Crippen LogP contribution in [0.2, 0.25) is 0 Å². The van der Waals surface area contributed by atoms with Crippen molar-refractivity contribution in [1.82, 2.24) is 24.6 Å². The maximum atomic E-state index is 12.6. The van der Waals surface area contributed by atoms with Crippen LogP contribution in [0.5, 0.6) is 0 Å². The number of rotatable bonds is 4. The van der Waals surface area contributed by atoms with Gasteiger partial charge in [0.1, 0.15) is 11.5 Å². The Morgan fingerprint density at radius 2 is 2.29 bits per heavy atom. The van der Waals surface area contributed by atoms with Gasteiger partial charge in [0.25, 0.3) is 5.91 Å². The number of nitrogens with zero attached hydrogens (tertiary/aromatic N) is 5. The quantitative estimate of drug-likeness (QED) is 0.883. The van der Waals surface area contributed by atoms with Crippen molar-refractivity contribution in [3.05, 3.63) is 36.0 Å². The van der Waals surface area contributed by atoms with E-state index in [0.717, 1.165) is 17.9 Å². The van der Waals surface area contributed by atoms with Gasteiger partial charge in [-0.3, -0.25) is 14.5 Å². The highest BCUT2D eigenvalue weighted by Crippen LogP contribution is 2.15. The molecule has 8 heteroatoms. The van der Waals surface area contributed by atoms with Gasteiger partial charge >= 0.3 is 0 Å². The molecule has 1 atom stereocenters. The highest BCUT2D eigenvalue weighted by Gasteiger charge is 2.25. The summed E-state index contributed by atoms with van der Waals surface area (Å²) < 4.78 is 7.30. The molecule has 3 heterocycles. The smallest absolute Gasteiger partial charge is 0.274 e. The van der Waals surface area contributed by atoms with Crippen LogP contribution in [0.3, 0.4) is 0 Å². The average molecular weight is 330 g/mol. The van der Waals surface area contributed by atoms with E-state index in [1.807, 2.05) is 11.9 Å². The molecule has 128 valence electrons. The molecule has 0 aromatic carbocycles. The van der Waals surface area contributed by atoms with Gasteiger partial charge in [0, 0.05) is 39.3 Å². The first-order valence-corrected chi connectivity index (χ1v) is 8.01. The lowest BCUT2D eigenvalue weighted by molar-refractivity contribution is 0.0730. The molecule has 0 spiro atoms. The molecule has 0 saturated carbocycles. The van der Waals surface area contributed by atoms with Crippen LogP contribution in [-0.2, 0) is 18.2 Å². The minimum atomic E-state index is -0.0530. The van der Waals surface area contributed by atoms with Crippen LogP contribution in [0.15, 0.2) is 24.7 Å². The Morgan fingerprint density at radius 3 is 2.96 bits per heavy atom. The first-order chi connectivity index (χ1) is 11.7. The van der Waals surface area contributed by atoms with Gasteiger partial charge in [0.2, 0.25) is 0 Å². The van der Waals surface area contributed by atoms with Crippen molar-refractivity contribution in [2.45, 2.75) is 6.42 Å². The number of aromatic nitrogens is 4. The largest absolute Gasteiger partial charge is 0.379 e. The zero-order valence-corrected chi connectivity index (χ0v) is 14.0. The van der Waals surface area contributed by atoms with Crippen molar-refractivity contribution >= 4 is 11.7 Å². The van der Waals surface area contributed by atoms with Gasteiger partial charge in [0.15, 0.2) is 0 Å². The summed E-state index contributed by atoms with van der Waals surface area (Å²) in [5.41, 5.74) is 1.37. The Bertz CT molecular complexity index is 684. The molecule has 1 N–H and O–H groups in total. The summed E-state index contributed by atoms with van der Waals surface area (Å²) in [7, 11) is 3.61. The number of ether oxygens (including phenoxy) is 1. The monoisotopic (exact) mass is 330 g/mol. The van der Waals surface area contributed by atoms with E-state index in [-0.39, 0.29) is 11.8 Å². The molecule has 0 unspecified atom stereocenters. The third kappa shape index (κ3) is 3.88. The maximum Gasteiger partial charge on any atom is 0.274 e. The molecule has 1 amide bonds. The highest BCUT2D eigenvalue weighted by atomic mass is 16.5. The standard InChI is InChI=1S/C16H22N6O2/c1-17-15-9-18-13(8-19-15)7-12-10-22(5-6-24-11-12)16(23)14-3-4-21(2)20-14/h3-4,8-9,12H,5-7,10-11H2,1-2H3,(H,17,19)/t12-/m1/s1. The van der Waals surface area contributed by atoms with Gasteiger partial charge in [-0.05, 0) is 12.5 Å². The van der Waals surface area contributed by atoms with E-state index in [1.54, 1.807) is 36.4 Å². The number of nitrogens with one attached hydrogen (secondary N) is 1. The molecular weight excluding hydrogens is 308 g/mol. The van der Waals surface area contributed by atoms with Gasteiger partial charge in [-0.15, -0.1) is 0 Å². The Kier molecular flexibility index (Phi) is 5.05. The first-order valence-electron chi connectivity index (χ1n) is 8.01. The van der Waals surface area contributed by atoms with Crippen molar-refractivity contribution in [2.75, 3.05) is 38.7 Å². The molecule has 0 bridgehead atoms. The Balaban J connectivity index is 1.66. The third-order valence-corrected chi connectivity index (χ3v) is 4.02. The second kappa shape index (κ2) is 7.39. The topological polar surface area (TPSA) is 85.2 Å². The van der Waals surface area contributed by atoms with Gasteiger partial charge in [-0.2, -0.15) is 5.10 Å². The lowest BCUT2D eigenvalue weighted by atomic mass is 10.0. The normalized spacial score (nSPS) is 18.2. The van der Waals surface area contributed by atoms with Crippen LogP contribution in [0, 0.1) is 5.92 Å². The predicted octanol–water partition coefficient (Wildman–Crippen LogP) is 0.583. The number of anilines is 1. The van der Waals surface area contributed by atoms with Crippen LogP contribution in [0.1, 0.15) is 16.2 Å². The number of carbonyl (C=O) groups excluding carboxylic acids is 1. The first kappa shape index (κ1) is 16.4. The van der Waals surface area contributed by atoms with Crippen molar-refractivity contribution in [3.63, 3.8) is 0 Å². The second-order valence-corrected chi connectivity index (χ2v) is 5.91. The third-order valence-electron chi connectivity index (χ3n) is 4.02. The van der Waals surface area contributed by atoms with E-state index in [2.05, 4.69) is 20.4 Å². The van der Waals surface area contributed by atoms with Crippen LogP contribution < -0.4 is 5.32 Å². The Hall–Kier alpha value is -2.48. The van der Waals surface area contributed by atoms with Gasteiger partial charge < -0.3 is 15.0 Å². The molecule has 1 aliphatic rings. The number of hydrogen-bond donors (Lipinski definition) is 1. The summed E-state index contributed by atoms with van der Waals surface area (Å²) in [5, 5.41) is 7.15. The Morgan fingerprint density at radius 1 is 1.42 bits per heavy atom. The number of aryl methyl sites for hydroxylation is 1. The van der Waals surface area contributed by atoms with Crippen molar-refractivity contribution in [2.24, 2.45) is 13.0 Å². The van der Waals surface area contributed by atoms with E-state index in [4.69, 9.17) is 4.74 Å². The molecule has 0 radical (unpaired) electrons. The van der Waals surface area contributed by atoms with E-state index < -0.39 is 0 Å². The number of carbonyl (C=O) groups is 1. The number of hydrogen-bond acceptors (Lipinski definition) is 6. The molecular formula is C16H22N6O2. The van der Waals surface area contributed by atoms with Gasteiger partial charge in [0.05, 0.1) is 31.3 Å². The fraction of sp³-hybridized carbons (Fsp3) is 0.500. The highest BCUT2D eigenvalue weighted by molar-refractivity contribution is 5.92. The van der Waals surface area contributed by atoms with Crippen molar-refractivity contribution in [3.8, 4) is 0 Å². The van der Waals surface area contributed by atoms with E-state index in [0.29, 0.717) is 32.0 Å². The lowest BCUT2D eigenvalue weighted by Crippen LogP contribution is -2.36. The van der Waals surface area contributed by atoms with Crippen LogP contribution in [-0.4, -0.2) is 63.9 Å². The molecule has 2 aromatic heterocycles. The van der Waals surface area contributed by atoms with Gasteiger partial charge in [-0.1, -0.05) is 0 Å². The minimum Gasteiger partial charge on any atom is -0.379 e. The summed E-state index contributed by atoms with van der Waals surface area (Å²) >= 11 is 0. The Labute approximate surface area is 140 Å². The SMILES string of the molecule is CNc1cnc(C[C@H]2COCCN(C(=O)c3ccn(C)n3)C2)cn1. The van der Waals surface area contributed by atoms with Crippen molar-refractivity contribution < 1.29 is 9.53 Å². The fourth-order valence-electron chi connectivity index (χ4n) is 2.76. The zero-order chi connectivity index (χ0) is 16.9. The molecule has 0 aliphatic carbocycles. The average Bonchev–Trinajstić information content (AvgIpc) is 2.90. The molecule has 24 heavy (non-hydrogen) atoms. The second-order valence-electron chi connectivity index (χ2n) is 5.91. The summed E-state index contributed by atoms with van der Waals surface area (Å²) in [5.74, 6) is 0.875. The molecule has 3 rings (SSSR count). The molecule has 2 aromatic rings. The lowest BCUT2D eigenvalue weighted by Gasteiger charge is -2.22. The number of amides is 1. The van der Waals surface area contributed by atoms with Gasteiger partial charge in [-0.25, -0.2) is 4.98 Å². The maximum absolute atomic E-state index is 12.6. The molecule has 1 saturated heterocycles. The molecule has 1 aliphatic heterocycles. The van der Waals surface area contributed by atoms with Crippen LogP contribution >= 0.6 is 0 Å². The summed E-state index contributed by atoms with van der Waals surface area (Å²) in [4.78, 5) is 23.1.